The van der Waals surface area contributed by atoms with Crippen molar-refractivity contribution < 1.29 is 13.2 Å². The summed E-state index contributed by atoms with van der Waals surface area (Å²) in [5.41, 5.74) is 0. The van der Waals surface area contributed by atoms with Gasteiger partial charge in [-0.25, -0.2) is 8.42 Å². The molecule has 1 atom stereocenters. The Labute approximate surface area is 111 Å². The van der Waals surface area contributed by atoms with Crippen LogP contribution in [0.2, 0.25) is 0 Å². The molecule has 7 heteroatoms. The largest absolute Gasteiger partial charge is 0.380 e. The van der Waals surface area contributed by atoms with Crippen LogP contribution in [0.5, 0.6) is 0 Å². The van der Waals surface area contributed by atoms with Gasteiger partial charge in [-0.3, -0.25) is 0 Å². The summed E-state index contributed by atoms with van der Waals surface area (Å²) in [7, 11) is -1.88. The van der Waals surface area contributed by atoms with E-state index in [0.717, 1.165) is 24.2 Å². The summed E-state index contributed by atoms with van der Waals surface area (Å²) >= 11 is 1.01. The first-order valence-corrected chi connectivity index (χ1v) is 7.86. The normalized spacial score (nSPS) is 21.7. The number of thiophene rings is 1. The van der Waals surface area contributed by atoms with Crippen molar-refractivity contribution in [2.45, 2.75) is 23.2 Å². The van der Waals surface area contributed by atoms with Crippen LogP contribution in [0.1, 0.15) is 17.7 Å². The summed E-state index contributed by atoms with van der Waals surface area (Å²) < 4.78 is 31.6. The Morgan fingerprint density at radius 2 is 2.33 bits per heavy atom. The van der Waals surface area contributed by atoms with Crippen LogP contribution >= 0.6 is 11.3 Å². The fraction of sp³-hybridized carbons (Fsp3) is 0.545. The van der Waals surface area contributed by atoms with E-state index in [2.05, 4.69) is 0 Å². The maximum Gasteiger partial charge on any atom is 0.252 e. The van der Waals surface area contributed by atoms with Crippen molar-refractivity contribution in [1.82, 2.24) is 4.31 Å². The number of methoxy groups -OCH3 is 1. The van der Waals surface area contributed by atoms with E-state index >= 15 is 0 Å². The number of sulfonamides is 1. The van der Waals surface area contributed by atoms with Crippen molar-refractivity contribution in [1.29, 1.82) is 5.26 Å². The molecule has 1 saturated heterocycles. The second-order valence-corrected chi connectivity index (χ2v) is 7.34. The molecule has 0 amide bonds. The number of ether oxygens (including phenoxy) is 1. The van der Waals surface area contributed by atoms with E-state index in [0.29, 0.717) is 18.0 Å². The summed E-state index contributed by atoms with van der Waals surface area (Å²) in [6.07, 6.45) is 1.65. The van der Waals surface area contributed by atoms with Gasteiger partial charge in [-0.15, -0.1) is 11.3 Å². The molecule has 0 bridgehead atoms. The molecule has 0 aliphatic carbocycles. The van der Waals surface area contributed by atoms with Crippen molar-refractivity contribution >= 4 is 21.4 Å². The summed E-state index contributed by atoms with van der Waals surface area (Å²) in [6, 6.07) is 4.99. The zero-order chi connectivity index (χ0) is 13.2. The van der Waals surface area contributed by atoms with Crippen LogP contribution in [-0.4, -0.2) is 39.0 Å². The molecule has 1 fully saturated rings. The van der Waals surface area contributed by atoms with E-state index in [4.69, 9.17) is 10.00 Å². The van der Waals surface area contributed by atoms with Crippen LogP contribution in [0.25, 0.3) is 0 Å². The number of nitriles is 1. The highest BCUT2D eigenvalue weighted by molar-refractivity contribution is 7.91. The highest BCUT2D eigenvalue weighted by Gasteiger charge is 2.31. The third-order valence-electron chi connectivity index (χ3n) is 2.96. The quantitative estimate of drug-likeness (QED) is 0.842. The van der Waals surface area contributed by atoms with Gasteiger partial charge in [-0.2, -0.15) is 9.57 Å². The van der Waals surface area contributed by atoms with Gasteiger partial charge in [0, 0.05) is 20.2 Å². The van der Waals surface area contributed by atoms with Crippen LogP contribution < -0.4 is 0 Å². The zero-order valence-corrected chi connectivity index (χ0v) is 11.6. The highest BCUT2D eigenvalue weighted by atomic mass is 32.2. The van der Waals surface area contributed by atoms with Gasteiger partial charge in [0.2, 0.25) is 0 Å². The van der Waals surface area contributed by atoms with E-state index < -0.39 is 10.0 Å². The number of hydrogen-bond donors (Lipinski definition) is 0. The molecule has 0 N–H and O–H groups in total. The average Bonchev–Trinajstić information content (AvgIpc) is 2.88. The predicted molar refractivity (Wildman–Crippen MR) is 67.8 cm³/mol. The molecule has 1 aliphatic heterocycles. The molecule has 1 aliphatic rings. The van der Waals surface area contributed by atoms with Crippen molar-refractivity contribution in [3.63, 3.8) is 0 Å². The van der Waals surface area contributed by atoms with Crippen molar-refractivity contribution in [2.75, 3.05) is 20.2 Å². The minimum atomic E-state index is -3.47. The van der Waals surface area contributed by atoms with E-state index in [-0.39, 0.29) is 10.3 Å². The molecular formula is C11H14N2O3S2. The number of rotatable bonds is 3. The van der Waals surface area contributed by atoms with Crippen molar-refractivity contribution in [2.24, 2.45) is 0 Å². The lowest BCUT2D eigenvalue weighted by molar-refractivity contribution is 0.0572. The van der Waals surface area contributed by atoms with Crippen molar-refractivity contribution in [3.05, 3.63) is 17.0 Å². The third kappa shape index (κ3) is 2.57. The number of nitrogens with zero attached hydrogens (tertiary/aromatic N) is 2. The molecule has 0 radical (unpaired) electrons. The number of piperidine rings is 1. The van der Waals surface area contributed by atoms with Crippen LogP contribution in [-0.2, 0) is 14.8 Å². The average molecular weight is 286 g/mol. The van der Waals surface area contributed by atoms with Gasteiger partial charge in [0.1, 0.15) is 15.2 Å². The van der Waals surface area contributed by atoms with E-state index in [1.54, 1.807) is 7.11 Å². The standard InChI is InChI=1S/C11H14N2O3S2/c1-16-9-3-2-6-13(8-9)18(14,15)11-5-4-10(7-12)17-11/h4-5,9H,2-3,6,8H2,1H3. The highest BCUT2D eigenvalue weighted by Crippen LogP contribution is 2.27. The SMILES string of the molecule is COC1CCCN(S(=O)(=O)c2ccc(C#N)s2)C1. The fourth-order valence-corrected chi connectivity index (χ4v) is 4.73. The molecule has 5 nitrogen and oxygen atoms in total. The molecule has 0 saturated carbocycles. The summed E-state index contributed by atoms with van der Waals surface area (Å²) in [4.78, 5) is 0.411. The Morgan fingerprint density at radius 1 is 1.56 bits per heavy atom. The molecule has 1 aromatic heterocycles. The van der Waals surface area contributed by atoms with Crippen LogP contribution in [0.3, 0.4) is 0 Å². The predicted octanol–water partition coefficient (Wildman–Crippen LogP) is 1.42. The number of hydrogen-bond acceptors (Lipinski definition) is 5. The Balaban J connectivity index is 2.23. The van der Waals surface area contributed by atoms with Crippen LogP contribution in [0.15, 0.2) is 16.3 Å². The Morgan fingerprint density at radius 3 is 2.94 bits per heavy atom. The first-order valence-electron chi connectivity index (χ1n) is 5.61. The Hall–Kier alpha value is -0.940. The van der Waals surface area contributed by atoms with E-state index in [1.807, 2.05) is 6.07 Å². The Kier molecular flexibility index (Phi) is 4.02. The van der Waals surface area contributed by atoms with Gasteiger partial charge in [0.05, 0.1) is 6.10 Å². The molecule has 0 spiro atoms. The lowest BCUT2D eigenvalue weighted by Crippen LogP contribution is -2.42. The monoisotopic (exact) mass is 286 g/mol. The molecule has 18 heavy (non-hydrogen) atoms. The molecule has 0 aromatic carbocycles. The Bertz CT molecular complexity index is 559. The van der Waals surface area contributed by atoms with Gasteiger partial charge < -0.3 is 4.74 Å². The summed E-state index contributed by atoms with van der Waals surface area (Å²) in [5, 5.41) is 8.74. The van der Waals surface area contributed by atoms with E-state index in [9.17, 15) is 8.42 Å². The second kappa shape index (κ2) is 5.36. The van der Waals surface area contributed by atoms with Gasteiger partial charge in [-0.05, 0) is 25.0 Å². The maximum atomic E-state index is 12.3. The lowest BCUT2D eigenvalue weighted by Gasteiger charge is -2.30. The van der Waals surface area contributed by atoms with Gasteiger partial charge in [-0.1, -0.05) is 0 Å². The zero-order valence-electron chi connectivity index (χ0n) is 10.00. The second-order valence-electron chi connectivity index (χ2n) is 4.09. The molecular weight excluding hydrogens is 272 g/mol. The molecule has 2 heterocycles. The molecule has 1 aromatic rings. The topological polar surface area (TPSA) is 70.4 Å². The maximum absolute atomic E-state index is 12.3. The van der Waals surface area contributed by atoms with Crippen molar-refractivity contribution in [3.8, 4) is 6.07 Å². The first kappa shape index (κ1) is 13.5. The van der Waals surface area contributed by atoms with Crippen LogP contribution in [0, 0.1) is 11.3 Å². The molecule has 2 rings (SSSR count). The van der Waals surface area contributed by atoms with Gasteiger partial charge in [0.15, 0.2) is 0 Å². The third-order valence-corrected chi connectivity index (χ3v) is 6.28. The summed E-state index contributed by atoms with van der Waals surface area (Å²) in [5.74, 6) is 0. The lowest BCUT2D eigenvalue weighted by atomic mass is 10.1. The molecule has 1 unspecified atom stereocenters. The molecule has 98 valence electrons. The first-order chi connectivity index (χ1) is 8.57. The fourth-order valence-electron chi connectivity index (χ4n) is 1.96. The minimum absolute atomic E-state index is 0.0380. The van der Waals surface area contributed by atoms with E-state index in [1.165, 1.54) is 16.4 Å². The smallest absolute Gasteiger partial charge is 0.252 e. The summed E-state index contributed by atoms with van der Waals surface area (Å²) in [6.45, 7) is 0.903. The van der Waals surface area contributed by atoms with Crippen LogP contribution in [0.4, 0.5) is 0 Å². The minimum Gasteiger partial charge on any atom is -0.380 e. The van der Waals surface area contributed by atoms with Gasteiger partial charge >= 0.3 is 0 Å². The van der Waals surface area contributed by atoms with Gasteiger partial charge in [0.25, 0.3) is 10.0 Å².